The second kappa shape index (κ2) is 7.64. The highest BCUT2D eigenvalue weighted by molar-refractivity contribution is 4.69. The van der Waals surface area contributed by atoms with Gasteiger partial charge in [0.15, 0.2) is 0 Å². The van der Waals surface area contributed by atoms with E-state index < -0.39 is 0 Å². The first kappa shape index (κ1) is 14.5. The van der Waals surface area contributed by atoms with Crippen molar-refractivity contribution in [3.8, 4) is 0 Å². The fourth-order valence-corrected chi connectivity index (χ4v) is 2.03. The highest BCUT2D eigenvalue weighted by Gasteiger charge is 2.16. The normalized spacial score (nSPS) is 28.5. The Hall–Kier alpha value is 0. The van der Waals surface area contributed by atoms with Crippen LogP contribution in [0, 0.1) is 11.8 Å². The predicted octanol–water partition coefficient (Wildman–Crippen LogP) is 4.89. The Bertz CT molecular complexity index is 78.0. The molecule has 1 fully saturated rings. The first-order valence-electron chi connectivity index (χ1n) is 4.83. The van der Waals surface area contributed by atoms with E-state index >= 15 is 0 Å². The van der Waals surface area contributed by atoms with Gasteiger partial charge in [-0.1, -0.05) is 67.2 Å². The Morgan fingerprint density at radius 1 is 1.00 bits per heavy atom. The summed E-state index contributed by atoms with van der Waals surface area (Å²) in [6.45, 7) is 4.69. The molecule has 0 nitrogen and oxygen atoms in total. The van der Waals surface area contributed by atoms with Gasteiger partial charge >= 0.3 is 0 Å². The summed E-state index contributed by atoms with van der Waals surface area (Å²) in [5.41, 5.74) is 0. The van der Waals surface area contributed by atoms with Crippen LogP contribution in [0.2, 0.25) is 0 Å². The van der Waals surface area contributed by atoms with Crippen molar-refractivity contribution in [2.24, 2.45) is 11.8 Å². The highest BCUT2D eigenvalue weighted by Crippen LogP contribution is 2.30. The molecule has 0 aromatic heterocycles. The first-order chi connectivity index (χ1) is 4.83. The minimum atomic E-state index is 0. The zero-order valence-corrected chi connectivity index (χ0v) is 7.40. The van der Waals surface area contributed by atoms with Crippen LogP contribution in [-0.2, 0) is 0 Å². The standard InChI is InChI=1S/C10H20.2CH4/c1-3-4-10-7-5-9(2)6-8-10;;/h9-10H,3-8H2,1-2H3;2*1H4. The molecule has 1 rings (SSSR count). The van der Waals surface area contributed by atoms with Crippen molar-refractivity contribution in [3.05, 3.63) is 0 Å². The third kappa shape index (κ3) is 4.79. The molecule has 0 heterocycles. The van der Waals surface area contributed by atoms with Crippen molar-refractivity contribution in [2.45, 2.75) is 67.2 Å². The second-order valence-corrected chi connectivity index (χ2v) is 3.91. The molecule has 0 spiro atoms. The van der Waals surface area contributed by atoms with Crippen molar-refractivity contribution in [1.29, 1.82) is 0 Å². The van der Waals surface area contributed by atoms with Crippen molar-refractivity contribution in [2.75, 3.05) is 0 Å². The zero-order valence-electron chi connectivity index (χ0n) is 7.40. The van der Waals surface area contributed by atoms with Gasteiger partial charge in [0.1, 0.15) is 0 Å². The fourth-order valence-electron chi connectivity index (χ4n) is 2.03. The highest BCUT2D eigenvalue weighted by atomic mass is 14.2. The molecule has 0 bridgehead atoms. The van der Waals surface area contributed by atoms with Crippen LogP contribution in [0.3, 0.4) is 0 Å². The van der Waals surface area contributed by atoms with Crippen LogP contribution >= 0.6 is 0 Å². The molecule has 0 N–H and O–H groups in total. The molecule has 1 saturated carbocycles. The molecule has 12 heavy (non-hydrogen) atoms. The van der Waals surface area contributed by atoms with Crippen molar-refractivity contribution >= 4 is 0 Å². The van der Waals surface area contributed by atoms with E-state index in [0.29, 0.717) is 0 Å². The largest absolute Gasteiger partial charge is 0.0776 e. The summed E-state index contributed by atoms with van der Waals surface area (Å²) in [4.78, 5) is 0. The number of hydrogen-bond acceptors (Lipinski definition) is 0. The number of hydrogen-bond donors (Lipinski definition) is 0. The Morgan fingerprint density at radius 3 is 1.92 bits per heavy atom. The smallest absolute Gasteiger partial charge is 0.0414 e. The lowest BCUT2D eigenvalue weighted by molar-refractivity contribution is 0.276. The van der Waals surface area contributed by atoms with Gasteiger partial charge in [-0.3, -0.25) is 0 Å². The lowest BCUT2D eigenvalue weighted by Gasteiger charge is -2.25. The molecule has 0 unspecified atom stereocenters. The molecule has 0 aliphatic heterocycles. The van der Waals surface area contributed by atoms with Gasteiger partial charge in [-0.15, -0.1) is 0 Å². The molecule has 0 amide bonds. The third-order valence-corrected chi connectivity index (χ3v) is 2.83. The first-order valence-corrected chi connectivity index (χ1v) is 4.83. The molecule has 0 saturated heterocycles. The van der Waals surface area contributed by atoms with Gasteiger partial charge in [-0.2, -0.15) is 0 Å². The van der Waals surface area contributed by atoms with E-state index in [2.05, 4.69) is 13.8 Å². The predicted molar refractivity (Wildman–Crippen MR) is 59.5 cm³/mol. The SMILES string of the molecule is C.C.CCCC1CCC(C)CC1. The van der Waals surface area contributed by atoms with Gasteiger partial charge < -0.3 is 0 Å². The molecule has 76 valence electrons. The van der Waals surface area contributed by atoms with E-state index in [0.717, 1.165) is 11.8 Å². The molecular weight excluding hydrogens is 144 g/mol. The van der Waals surface area contributed by atoms with Gasteiger partial charge in [0.25, 0.3) is 0 Å². The number of rotatable bonds is 2. The summed E-state index contributed by atoms with van der Waals surface area (Å²) in [6.07, 6.45) is 8.87. The molecule has 0 atom stereocenters. The molecule has 0 radical (unpaired) electrons. The minimum Gasteiger partial charge on any atom is -0.0776 e. The van der Waals surface area contributed by atoms with Crippen LogP contribution < -0.4 is 0 Å². The Morgan fingerprint density at radius 2 is 1.50 bits per heavy atom. The quantitative estimate of drug-likeness (QED) is 0.556. The average Bonchev–Trinajstić information content (AvgIpc) is 1.95. The van der Waals surface area contributed by atoms with Gasteiger partial charge in [0, 0.05) is 0 Å². The van der Waals surface area contributed by atoms with E-state index in [1.807, 2.05) is 0 Å². The molecular formula is C12H28. The Balaban J connectivity index is 0. The third-order valence-electron chi connectivity index (χ3n) is 2.83. The van der Waals surface area contributed by atoms with Crippen molar-refractivity contribution in [1.82, 2.24) is 0 Å². The van der Waals surface area contributed by atoms with Crippen LogP contribution in [-0.4, -0.2) is 0 Å². The molecule has 1 aliphatic rings. The van der Waals surface area contributed by atoms with Crippen LogP contribution in [0.15, 0.2) is 0 Å². The van der Waals surface area contributed by atoms with E-state index in [1.54, 1.807) is 0 Å². The summed E-state index contributed by atoms with van der Waals surface area (Å²) in [7, 11) is 0. The summed E-state index contributed by atoms with van der Waals surface area (Å²) >= 11 is 0. The average molecular weight is 172 g/mol. The Labute approximate surface area is 79.8 Å². The summed E-state index contributed by atoms with van der Waals surface area (Å²) in [6, 6.07) is 0. The van der Waals surface area contributed by atoms with Crippen LogP contribution in [0.5, 0.6) is 0 Å². The van der Waals surface area contributed by atoms with Gasteiger partial charge in [0.2, 0.25) is 0 Å². The van der Waals surface area contributed by atoms with Gasteiger partial charge in [-0.25, -0.2) is 0 Å². The molecule has 0 aromatic carbocycles. The lowest BCUT2D eigenvalue weighted by atomic mass is 9.81. The maximum atomic E-state index is 2.39. The van der Waals surface area contributed by atoms with Crippen molar-refractivity contribution < 1.29 is 0 Å². The summed E-state index contributed by atoms with van der Waals surface area (Å²) in [5.74, 6) is 2.11. The summed E-state index contributed by atoms with van der Waals surface area (Å²) in [5, 5.41) is 0. The summed E-state index contributed by atoms with van der Waals surface area (Å²) < 4.78 is 0. The Kier molecular flexibility index (Phi) is 9.24. The monoisotopic (exact) mass is 172 g/mol. The van der Waals surface area contributed by atoms with E-state index in [9.17, 15) is 0 Å². The van der Waals surface area contributed by atoms with Crippen LogP contribution in [0.4, 0.5) is 0 Å². The molecule has 0 heteroatoms. The van der Waals surface area contributed by atoms with Crippen LogP contribution in [0.25, 0.3) is 0 Å². The van der Waals surface area contributed by atoms with E-state index in [-0.39, 0.29) is 14.9 Å². The van der Waals surface area contributed by atoms with Gasteiger partial charge in [-0.05, 0) is 11.8 Å². The van der Waals surface area contributed by atoms with Crippen molar-refractivity contribution in [3.63, 3.8) is 0 Å². The zero-order chi connectivity index (χ0) is 7.40. The van der Waals surface area contributed by atoms with Gasteiger partial charge in [0.05, 0.1) is 0 Å². The van der Waals surface area contributed by atoms with Crippen LogP contribution in [0.1, 0.15) is 67.2 Å². The maximum Gasteiger partial charge on any atom is -0.0414 e. The van der Waals surface area contributed by atoms with E-state index in [4.69, 9.17) is 0 Å². The molecule has 0 aromatic rings. The topological polar surface area (TPSA) is 0 Å². The maximum absolute atomic E-state index is 2.39. The molecule has 1 aliphatic carbocycles. The lowest BCUT2D eigenvalue weighted by Crippen LogP contribution is -2.11. The second-order valence-electron chi connectivity index (χ2n) is 3.91. The fraction of sp³-hybridized carbons (Fsp3) is 1.00. The van der Waals surface area contributed by atoms with E-state index in [1.165, 1.54) is 38.5 Å². The minimum absolute atomic E-state index is 0.